The van der Waals surface area contributed by atoms with Crippen molar-refractivity contribution in [3.8, 4) is 17.1 Å². The number of nitrogens with zero attached hydrogens (tertiary/aromatic N) is 4. The number of rotatable bonds is 3. The number of aromatic nitrogens is 3. The lowest BCUT2D eigenvalue weighted by Gasteiger charge is -2.30. The predicted molar refractivity (Wildman–Crippen MR) is 112 cm³/mol. The minimum absolute atomic E-state index is 0.0699. The van der Waals surface area contributed by atoms with Crippen molar-refractivity contribution in [1.82, 2.24) is 24.8 Å². The average molecular weight is 412 g/mol. The molecule has 1 aliphatic carbocycles. The molecule has 1 aromatic carbocycles. The van der Waals surface area contributed by atoms with E-state index in [9.17, 15) is 4.79 Å². The number of amides is 2. The Kier molecular flexibility index (Phi) is 4.87. The first-order valence-electron chi connectivity index (χ1n) is 10.3. The van der Waals surface area contributed by atoms with Gasteiger partial charge in [0.1, 0.15) is 5.75 Å². The normalized spacial score (nSPS) is 17.3. The van der Waals surface area contributed by atoms with Crippen LogP contribution in [-0.4, -0.2) is 45.2 Å². The van der Waals surface area contributed by atoms with E-state index in [1.807, 2.05) is 33.7 Å². The largest absolute Gasteiger partial charge is 0.497 e. The zero-order valence-corrected chi connectivity index (χ0v) is 17.4. The Labute approximate surface area is 173 Å². The molecule has 152 valence electrons. The van der Waals surface area contributed by atoms with Crippen molar-refractivity contribution in [2.24, 2.45) is 0 Å². The van der Waals surface area contributed by atoms with Crippen molar-refractivity contribution in [1.29, 1.82) is 0 Å². The molecule has 0 saturated heterocycles. The molecule has 1 fully saturated rings. The van der Waals surface area contributed by atoms with Gasteiger partial charge >= 0.3 is 6.03 Å². The van der Waals surface area contributed by atoms with Gasteiger partial charge in [-0.15, -0.1) is 5.10 Å². The van der Waals surface area contributed by atoms with Crippen LogP contribution in [0.3, 0.4) is 0 Å². The second-order valence-electron chi connectivity index (χ2n) is 7.79. The van der Waals surface area contributed by atoms with Crippen LogP contribution in [0.4, 0.5) is 4.79 Å². The molecule has 0 atom stereocenters. The van der Waals surface area contributed by atoms with E-state index in [2.05, 4.69) is 5.32 Å². The molecule has 2 amide bonds. The fraction of sp³-hybridized carbons (Fsp3) is 0.476. The SMILES string of the molecule is COc1ccc(-c2nc3sc4c(n3n2)CCN(C(=O)NC2CCCCC2)C4)cc1. The highest BCUT2D eigenvalue weighted by atomic mass is 32.1. The zero-order chi connectivity index (χ0) is 19.8. The van der Waals surface area contributed by atoms with Gasteiger partial charge in [0.2, 0.25) is 4.96 Å². The van der Waals surface area contributed by atoms with E-state index >= 15 is 0 Å². The van der Waals surface area contributed by atoms with Crippen molar-refractivity contribution in [3.63, 3.8) is 0 Å². The van der Waals surface area contributed by atoms with Crippen molar-refractivity contribution >= 4 is 22.3 Å². The summed E-state index contributed by atoms with van der Waals surface area (Å²) < 4.78 is 7.17. The molecule has 1 saturated carbocycles. The second kappa shape index (κ2) is 7.67. The van der Waals surface area contributed by atoms with Crippen molar-refractivity contribution in [3.05, 3.63) is 34.8 Å². The molecule has 3 aromatic rings. The Balaban J connectivity index is 1.32. The summed E-state index contributed by atoms with van der Waals surface area (Å²) in [7, 11) is 1.66. The highest BCUT2D eigenvalue weighted by Crippen LogP contribution is 2.30. The molecule has 29 heavy (non-hydrogen) atoms. The number of nitrogens with one attached hydrogen (secondary N) is 1. The number of fused-ring (bicyclic) bond motifs is 3. The summed E-state index contributed by atoms with van der Waals surface area (Å²) in [6.45, 7) is 1.36. The number of ether oxygens (including phenoxy) is 1. The standard InChI is InChI=1S/C21H25N5O2S/c1-28-16-9-7-14(8-10-16)19-23-21-26(24-19)17-11-12-25(13-18(17)29-21)20(27)22-15-5-3-2-4-6-15/h7-10,15H,2-6,11-13H2,1H3,(H,22,27). The Hall–Kier alpha value is -2.61. The molecule has 1 N–H and O–H groups in total. The van der Waals surface area contributed by atoms with Crippen molar-refractivity contribution < 1.29 is 9.53 Å². The number of methoxy groups -OCH3 is 1. The third-order valence-electron chi connectivity index (χ3n) is 5.89. The summed E-state index contributed by atoms with van der Waals surface area (Å²) in [6, 6.07) is 8.20. The van der Waals surface area contributed by atoms with Gasteiger partial charge in [0.25, 0.3) is 0 Å². The van der Waals surface area contributed by atoms with Crippen LogP contribution in [0.2, 0.25) is 0 Å². The molecular formula is C21H25N5O2S. The van der Waals surface area contributed by atoms with E-state index < -0.39 is 0 Å². The Morgan fingerprint density at radius 2 is 2.00 bits per heavy atom. The molecule has 5 rings (SSSR count). The van der Waals surface area contributed by atoms with Crippen molar-refractivity contribution in [2.75, 3.05) is 13.7 Å². The van der Waals surface area contributed by atoms with Crippen LogP contribution in [0.25, 0.3) is 16.3 Å². The van der Waals surface area contributed by atoms with E-state index in [0.717, 1.165) is 47.9 Å². The van der Waals surface area contributed by atoms with E-state index in [1.54, 1.807) is 18.4 Å². The predicted octanol–water partition coefficient (Wildman–Crippen LogP) is 3.87. The lowest BCUT2D eigenvalue weighted by atomic mass is 9.96. The fourth-order valence-electron chi connectivity index (χ4n) is 4.24. The number of carbonyl (C=O) groups is 1. The molecule has 0 unspecified atom stereocenters. The van der Waals surface area contributed by atoms with Crippen LogP contribution in [0.15, 0.2) is 24.3 Å². The minimum Gasteiger partial charge on any atom is -0.497 e. The number of carbonyl (C=O) groups excluding carboxylic acids is 1. The Morgan fingerprint density at radius 3 is 2.76 bits per heavy atom. The molecule has 2 aliphatic rings. The minimum atomic E-state index is 0.0699. The smallest absolute Gasteiger partial charge is 0.317 e. The van der Waals surface area contributed by atoms with Gasteiger partial charge in [-0.05, 0) is 37.1 Å². The summed E-state index contributed by atoms with van der Waals surface area (Å²) in [5.41, 5.74) is 2.15. The number of hydrogen-bond donors (Lipinski definition) is 1. The van der Waals surface area contributed by atoms with Crippen LogP contribution in [0.1, 0.15) is 42.7 Å². The molecule has 0 radical (unpaired) electrons. The Morgan fingerprint density at radius 1 is 1.21 bits per heavy atom. The van der Waals surface area contributed by atoms with Gasteiger partial charge in [-0.2, -0.15) is 4.98 Å². The maximum atomic E-state index is 12.7. The van der Waals surface area contributed by atoms with Crippen LogP contribution in [-0.2, 0) is 13.0 Å². The topological polar surface area (TPSA) is 71.8 Å². The van der Waals surface area contributed by atoms with E-state index in [1.165, 1.54) is 29.8 Å². The first kappa shape index (κ1) is 18.4. The fourth-order valence-corrected chi connectivity index (χ4v) is 5.35. The van der Waals surface area contributed by atoms with Gasteiger partial charge in [-0.3, -0.25) is 0 Å². The molecule has 0 spiro atoms. The number of thiazole rings is 1. The first-order chi connectivity index (χ1) is 14.2. The van der Waals surface area contributed by atoms with E-state index in [-0.39, 0.29) is 6.03 Å². The number of urea groups is 1. The molecule has 8 heteroatoms. The quantitative estimate of drug-likeness (QED) is 0.710. The summed E-state index contributed by atoms with van der Waals surface area (Å²) in [6.07, 6.45) is 6.75. The second-order valence-corrected chi connectivity index (χ2v) is 8.85. The summed E-state index contributed by atoms with van der Waals surface area (Å²) in [5, 5.41) is 7.96. The van der Waals surface area contributed by atoms with Gasteiger partial charge in [0, 0.05) is 29.4 Å². The maximum absolute atomic E-state index is 12.7. The third kappa shape index (κ3) is 3.57. The van der Waals surface area contributed by atoms with E-state index in [4.69, 9.17) is 14.8 Å². The molecule has 1 aliphatic heterocycles. The van der Waals surface area contributed by atoms with Crippen LogP contribution in [0, 0.1) is 0 Å². The van der Waals surface area contributed by atoms with Gasteiger partial charge < -0.3 is 15.0 Å². The summed E-state index contributed by atoms with van der Waals surface area (Å²) in [4.78, 5) is 21.4. The van der Waals surface area contributed by atoms with Crippen LogP contribution < -0.4 is 10.1 Å². The lowest BCUT2D eigenvalue weighted by molar-refractivity contribution is 0.185. The summed E-state index contributed by atoms with van der Waals surface area (Å²) in [5.74, 6) is 1.54. The summed E-state index contributed by atoms with van der Waals surface area (Å²) >= 11 is 1.63. The number of benzene rings is 1. The van der Waals surface area contributed by atoms with Gasteiger partial charge in [-0.1, -0.05) is 30.6 Å². The van der Waals surface area contributed by atoms with Crippen molar-refractivity contribution in [2.45, 2.75) is 51.1 Å². The van der Waals surface area contributed by atoms with Crippen LogP contribution in [0.5, 0.6) is 5.75 Å². The van der Waals surface area contributed by atoms with Gasteiger partial charge in [0.05, 0.1) is 19.3 Å². The van der Waals surface area contributed by atoms with E-state index in [0.29, 0.717) is 12.6 Å². The highest BCUT2D eigenvalue weighted by molar-refractivity contribution is 7.17. The average Bonchev–Trinajstić information content (AvgIpc) is 3.32. The monoisotopic (exact) mass is 411 g/mol. The molecule has 7 nitrogen and oxygen atoms in total. The highest BCUT2D eigenvalue weighted by Gasteiger charge is 2.27. The Bertz CT molecular complexity index is 1020. The van der Waals surface area contributed by atoms with Gasteiger partial charge in [-0.25, -0.2) is 9.31 Å². The maximum Gasteiger partial charge on any atom is 0.317 e. The van der Waals surface area contributed by atoms with Gasteiger partial charge in [0.15, 0.2) is 5.82 Å². The lowest BCUT2D eigenvalue weighted by Crippen LogP contribution is -2.47. The molecule has 0 bridgehead atoms. The molecular weight excluding hydrogens is 386 g/mol. The van der Waals surface area contributed by atoms with Crippen LogP contribution >= 0.6 is 11.3 Å². The number of hydrogen-bond acceptors (Lipinski definition) is 5. The zero-order valence-electron chi connectivity index (χ0n) is 16.6. The molecule has 2 aromatic heterocycles. The first-order valence-corrected chi connectivity index (χ1v) is 11.1. The third-order valence-corrected chi connectivity index (χ3v) is 6.95. The molecule has 3 heterocycles.